The number of pyridine rings is 1. The molecule has 0 aliphatic carbocycles. The number of carboxylic acids is 1. The van der Waals surface area contributed by atoms with Crippen LogP contribution < -0.4 is 0 Å². The van der Waals surface area contributed by atoms with Crippen molar-refractivity contribution in [3.05, 3.63) is 53.2 Å². The molecule has 1 heterocycles. The average molecular weight is 285 g/mol. The van der Waals surface area contributed by atoms with Gasteiger partial charge in [-0.3, -0.25) is 4.98 Å². The molecule has 2 aromatic rings. The fraction of sp³-hybridized carbons (Fsp3) is 0.294. The van der Waals surface area contributed by atoms with Gasteiger partial charge in [-0.05, 0) is 30.5 Å². The molecule has 0 aliphatic rings. The Hall–Kier alpha value is -2.20. The number of rotatable bonds is 6. The Labute approximate surface area is 124 Å². The molecule has 1 N–H and O–H groups in total. The third kappa shape index (κ3) is 3.67. The van der Waals surface area contributed by atoms with Crippen LogP contribution in [0.5, 0.6) is 0 Å². The number of nitrogens with zero attached hydrogens (tertiary/aromatic N) is 1. The Morgan fingerprint density at radius 2 is 1.90 bits per heavy atom. The molecule has 0 aliphatic heterocycles. The zero-order valence-electron chi connectivity index (χ0n) is 12.3. The molecule has 0 atom stereocenters. The monoisotopic (exact) mass is 285 g/mol. The number of aryl methyl sites for hydroxylation is 1. The average Bonchev–Trinajstić information content (AvgIpc) is 2.52. The van der Waals surface area contributed by atoms with Crippen LogP contribution in [0.15, 0.2) is 36.4 Å². The maximum absolute atomic E-state index is 11.1. The number of aromatic nitrogens is 1. The quantitative estimate of drug-likeness (QED) is 0.885. The van der Waals surface area contributed by atoms with E-state index in [2.05, 4.69) is 4.98 Å². The van der Waals surface area contributed by atoms with Crippen LogP contribution in [0.25, 0.3) is 11.3 Å². The summed E-state index contributed by atoms with van der Waals surface area (Å²) in [6.45, 7) is 2.61. The van der Waals surface area contributed by atoms with Crippen molar-refractivity contribution in [2.24, 2.45) is 0 Å². The number of methoxy groups -OCH3 is 1. The van der Waals surface area contributed by atoms with Gasteiger partial charge < -0.3 is 9.84 Å². The van der Waals surface area contributed by atoms with Crippen LogP contribution in [0.2, 0.25) is 0 Å². The first kappa shape index (κ1) is 15.2. The van der Waals surface area contributed by atoms with Gasteiger partial charge in [-0.15, -0.1) is 0 Å². The summed E-state index contributed by atoms with van der Waals surface area (Å²) in [7, 11) is 1.69. The van der Waals surface area contributed by atoms with Crippen molar-refractivity contribution in [3.63, 3.8) is 0 Å². The number of hydrogen-bond acceptors (Lipinski definition) is 3. The lowest BCUT2D eigenvalue weighted by Gasteiger charge is -2.07. The first-order valence-corrected chi connectivity index (χ1v) is 6.97. The first-order valence-electron chi connectivity index (χ1n) is 6.97. The van der Waals surface area contributed by atoms with Crippen molar-refractivity contribution >= 4 is 5.97 Å². The molecule has 4 nitrogen and oxygen atoms in total. The van der Waals surface area contributed by atoms with Crippen molar-refractivity contribution in [1.29, 1.82) is 0 Å². The van der Waals surface area contributed by atoms with Gasteiger partial charge in [-0.1, -0.05) is 31.2 Å². The molecule has 0 fully saturated rings. The van der Waals surface area contributed by atoms with Gasteiger partial charge >= 0.3 is 5.97 Å². The summed E-state index contributed by atoms with van der Waals surface area (Å²) in [5.41, 5.74) is 3.89. The number of aromatic carboxylic acids is 1. The van der Waals surface area contributed by atoms with Crippen LogP contribution in [-0.2, 0) is 17.6 Å². The van der Waals surface area contributed by atoms with Gasteiger partial charge in [-0.25, -0.2) is 4.79 Å². The number of ether oxygens (including phenoxy) is 1. The lowest BCUT2D eigenvalue weighted by Crippen LogP contribution is -2.04. The molecule has 21 heavy (non-hydrogen) atoms. The summed E-state index contributed by atoms with van der Waals surface area (Å²) in [6, 6.07) is 11.5. The van der Waals surface area contributed by atoms with E-state index < -0.39 is 5.97 Å². The van der Waals surface area contributed by atoms with Crippen LogP contribution in [0.4, 0.5) is 0 Å². The Kier molecular flexibility index (Phi) is 5.06. The highest BCUT2D eigenvalue weighted by Crippen LogP contribution is 2.20. The molecule has 0 bridgehead atoms. The SMILES string of the molecule is CCc1nc(-c2ccc(CCOC)cc2)ccc1C(=O)O. The highest BCUT2D eigenvalue weighted by molar-refractivity contribution is 5.89. The third-order valence-corrected chi connectivity index (χ3v) is 3.38. The Morgan fingerprint density at radius 3 is 2.48 bits per heavy atom. The van der Waals surface area contributed by atoms with Gasteiger partial charge in [0.25, 0.3) is 0 Å². The summed E-state index contributed by atoms with van der Waals surface area (Å²) < 4.78 is 5.06. The van der Waals surface area contributed by atoms with Crippen LogP contribution in [0, 0.1) is 0 Å². The zero-order valence-corrected chi connectivity index (χ0v) is 12.3. The molecule has 1 aromatic heterocycles. The fourth-order valence-corrected chi connectivity index (χ4v) is 2.19. The second-order valence-corrected chi connectivity index (χ2v) is 4.79. The van der Waals surface area contributed by atoms with Crippen molar-refractivity contribution in [3.8, 4) is 11.3 Å². The molecule has 0 saturated heterocycles. The molecule has 0 radical (unpaired) electrons. The maximum atomic E-state index is 11.1. The number of carboxylic acid groups (broad SMARTS) is 1. The molecule has 4 heteroatoms. The van der Waals surface area contributed by atoms with Crippen LogP contribution in [-0.4, -0.2) is 29.8 Å². The summed E-state index contributed by atoms with van der Waals surface area (Å²) >= 11 is 0. The van der Waals surface area contributed by atoms with Gasteiger partial charge in [0.05, 0.1) is 23.6 Å². The minimum atomic E-state index is -0.930. The topological polar surface area (TPSA) is 59.4 Å². The second-order valence-electron chi connectivity index (χ2n) is 4.79. The van der Waals surface area contributed by atoms with Crippen molar-refractivity contribution < 1.29 is 14.6 Å². The first-order chi connectivity index (χ1) is 10.2. The van der Waals surface area contributed by atoms with Gasteiger partial charge in [0.1, 0.15) is 0 Å². The largest absolute Gasteiger partial charge is 0.478 e. The minimum absolute atomic E-state index is 0.276. The lowest BCUT2D eigenvalue weighted by atomic mass is 10.0. The van der Waals surface area contributed by atoms with Crippen LogP contribution >= 0.6 is 0 Å². The standard InChI is InChI=1S/C17H19NO3/c1-3-15-14(17(19)20)8-9-16(18-15)13-6-4-12(5-7-13)10-11-21-2/h4-9H,3,10-11H2,1-2H3,(H,19,20). The van der Waals surface area contributed by atoms with E-state index in [1.54, 1.807) is 19.2 Å². The molecule has 0 amide bonds. The Morgan fingerprint density at radius 1 is 1.19 bits per heavy atom. The summed E-state index contributed by atoms with van der Waals surface area (Å²) in [5, 5.41) is 9.13. The Bertz CT molecular complexity index is 620. The summed E-state index contributed by atoms with van der Waals surface area (Å²) in [5.74, 6) is -0.930. The summed E-state index contributed by atoms with van der Waals surface area (Å²) in [6.07, 6.45) is 1.48. The molecule has 2 rings (SSSR count). The van der Waals surface area contributed by atoms with E-state index in [0.717, 1.165) is 17.7 Å². The normalized spacial score (nSPS) is 10.6. The lowest BCUT2D eigenvalue weighted by molar-refractivity contribution is 0.0695. The van der Waals surface area contributed by atoms with Gasteiger partial charge in [-0.2, -0.15) is 0 Å². The molecule has 0 unspecified atom stereocenters. The maximum Gasteiger partial charge on any atom is 0.337 e. The predicted molar refractivity (Wildman–Crippen MR) is 81.6 cm³/mol. The molecular formula is C17H19NO3. The van der Waals surface area contributed by atoms with Gasteiger partial charge in [0, 0.05) is 12.7 Å². The van der Waals surface area contributed by atoms with Crippen molar-refractivity contribution in [2.45, 2.75) is 19.8 Å². The summed E-state index contributed by atoms with van der Waals surface area (Å²) in [4.78, 5) is 15.6. The van der Waals surface area contributed by atoms with Crippen molar-refractivity contribution in [1.82, 2.24) is 4.98 Å². The molecule has 0 spiro atoms. The predicted octanol–water partition coefficient (Wildman–Crippen LogP) is 3.20. The molecule has 1 aromatic carbocycles. The van der Waals surface area contributed by atoms with E-state index in [1.807, 2.05) is 31.2 Å². The third-order valence-electron chi connectivity index (χ3n) is 3.38. The zero-order chi connectivity index (χ0) is 15.2. The van der Waals surface area contributed by atoms with E-state index in [-0.39, 0.29) is 5.56 Å². The van der Waals surface area contributed by atoms with Crippen molar-refractivity contribution in [2.75, 3.05) is 13.7 Å². The number of carbonyl (C=O) groups is 1. The molecular weight excluding hydrogens is 266 g/mol. The van der Waals surface area contributed by atoms with Crippen LogP contribution in [0.3, 0.4) is 0 Å². The van der Waals surface area contributed by atoms with E-state index in [9.17, 15) is 4.79 Å². The van der Waals surface area contributed by atoms with Gasteiger partial charge in [0.15, 0.2) is 0 Å². The van der Waals surface area contributed by atoms with E-state index >= 15 is 0 Å². The molecule has 110 valence electrons. The smallest absolute Gasteiger partial charge is 0.337 e. The van der Waals surface area contributed by atoms with E-state index in [1.165, 1.54) is 5.56 Å². The highest BCUT2D eigenvalue weighted by Gasteiger charge is 2.11. The van der Waals surface area contributed by atoms with Crippen LogP contribution in [0.1, 0.15) is 28.5 Å². The Balaban J connectivity index is 2.27. The minimum Gasteiger partial charge on any atom is -0.478 e. The molecule has 0 saturated carbocycles. The number of hydrogen-bond donors (Lipinski definition) is 1. The second kappa shape index (κ2) is 6.99. The highest BCUT2D eigenvalue weighted by atomic mass is 16.5. The van der Waals surface area contributed by atoms with E-state index in [4.69, 9.17) is 9.84 Å². The fourth-order valence-electron chi connectivity index (χ4n) is 2.19. The number of benzene rings is 1. The van der Waals surface area contributed by atoms with Gasteiger partial charge in [0.2, 0.25) is 0 Å². The van der Waals surface area contributed by atoms with E-state index in [0.29, 0.717) is 18.7 Å².